The van der Waals surface area contributed by atoms with Crippen LogP contribution in [0, 0.1) is 5.92 Å². The van der Waals surface area contributed by atoms with Crippen molar-refractivity contribution >= 4 is 11.8 Å². The van der Waals surface area contributed by atoms with Crippen molar-refractivity contribution in [2.45, 2.75) is 38.6 Å². The number of hydrogen-bond acceptors (Lipinski definition) is 3. The van der Waals surface area contributed by atoms with Crippen LogP contribution in [0.2, 0.25) is 0 Å². The molecule has 0 spiro atoms. The van der Waals surface area contributed by atoms with E-state index < -0.39 is 0 Å². The van der Waals surface area contributed by atoms with Gasteiger partial charge in [-0.25, -0.2) is 0 Å². The summed E-state index contributed by atoms with van der Waals surface area (Å²) in [4.78, 5) is 27.8. The van der Waals surface area contributed by atoms with Crippen molar-refractivity contribution in [2.75, 3.05) is 33.2 Å². The molecule has 0 aromatic carbocycles. The molecule has 5 heteroatoms. The number of rotatable bonds is 3. The Labute approximate surface area is 115 Å². The van der Waals surface area contributed by atoms with Crippen LogP contribution in [-0.2, 0) is 9.59 Å². The fraction of sp³-hybridized carbons (Fsp3) is 0.857. The van der Waals surface area contributed by atoms with Crippen molar-refractivity contribution in [2.24, 2.45) is 5.92 Å². The van der Waals surface area contributed by atoms with Crippen molar-refractivity contribution in [3.05, 3.63) is 0 Å². The van der Waals surface area contributed by atoms with Crippen molar-refractivity contribution in [3.8, 4) is 0 Å². The molecule has 0 bridgehead atoms. The molecule has 2 fully saturated rings. The lowest BCUT2D eigenvalue weighted by molar-refractivity contribution is -0.141. The van der Waals surface area contributed by atoms with Crippen LogP contribution in [0.4, 0.5) is 0 Å². The van der Waals surface area contributed by atoms with E-state index in [1.165, 1.54) is 0 Å². The van der Waals surface area contributed by atoms with E-state index in [4.69, 9.17) is 0 Å². The van der Waals surface area contributed by atoms with Gasteiger partial charge < -0.3 is 15.1 Å². The molecule has 0 aromatic heterocycles. The first-order valence-corrected chi connectivity index (χ1v) is 7.35. The van der Waals surface area contributed by atoms with Gasteiger partial charge in [-0.15, -0.1) is 0 Å². The molecule has 0 radical (unpaired) electrons. The highest BCUT2D eigenvalue weighted by atomic mass is 16.2. The summed E-state index contributed by atoms with van der Waals surface area (Å²) >= 11 is 0. The third-order valence-corrected chi connectivity index (χ3v) is 4.24. The topological polar surface area (TPSA) is 52.7 Å². The predicted molar refractivity (Wildman–Crippen MR) is 73.6 cm³/mol. The summed E-state index contributed by atoms with van der Waals surface area (Å²) < 4.78 is 0. The van der Waals surface area contributed by atoms with Crippen LogP contribution in [0.5, 0.6) is 0 Å². The number of carbonyl (C=O) groups is 2. The minimum absolute atomic E-state index is 0.0553. The van der Waals surface area contributed by atoms with E-state index in [2.05, 4.69) is 12.2 Å². The molecule has 0 aliphatic carbocycles. The molecular formula is C14H25N3O2. The molecule has 108 valence electrons. The summed E-state index contributed by atoms with van der Waals surface area (Å²) in [5.41, 5.74) is 0. The fourth-order valence-corrected chi connectivity index (χ4v) is 2.96. The summed E-state index contributed by atoms with van der Waals surface area (Å²) in [6.07, 6.45) is 4.38. The average molecular weight is 267 g/mol. The van der Waals surface area contributed by atoms with Crippen LogP contribution in [0.3, 0.4) is 0 Å². The van der Waals surface area contributed by atoms with Crippen LogP contribution in [0.1, 0.15) is 32.6 Å². The minimum atomic E-state index is -0.120. The number of nitrogens with one attached hydrogen (secondary N) is 1. The smallest absolute Gasteiger partial charge is 0.242 e. The van der Waals surface area contributed by atoms with E-state index >= 15 is 0 Å². The average Bonchev–Trinajstić information content (AvgIpc) is 2.92. The van der Waals surface area contributed by atoms with Crippen LogP contribution in [0.15, 0.2) is 0 Å². The maximum Gasteiger partial charge on any atom is 0.242 e. The van der Waals surface area contributed by atoms with Gasteiger partial charge in [-0.2, -0.15) is 0 Å². The first-order valence-electron chi connectivity index (χ1n) is 7.35. The summed E-state index contributed by atoms with van der Waals surface area (Å²) in [6, 6.07) is -0.120. The lowest BCUT2D eigenvalue weighted by Crippen LogP contribution is -2.53. The van der Waals surface area contributed by atoms with Crippen molar-refractivity contribution in [1.29, 1.82) is 0 Å². The van der Waals surface area contributed by atoms with Crippen LogP contribution in [0.25, 0.3) is 0 Å². The molecule has 19 heavy (non-hydrogen) atoms. The Kier molecular flexibility index (Phi) is 4.80. The standard InChI is InChI=1S/C14H25N3O2/c1-11-6-5-7-15-13(11)14(19)16(2)10-12(18)17-8-3-4-9-17/h11,13,15H,3-10H2,1-2H3. The van der Waals surface area contributed by atoms with Gasteiger partial charge in [0.15, 0.2) is 0 Å². The highest BCUT2D eigenvalue weighted by molar-refractivity contribution is 5.87. The van der Waals surface area contributed by atoms with Gasteiger partial charge in [0.1, 0.15) is 0 Å². The quantitative estimate of drug-likeness (QED) is 0.808. The highest BCUT2D eigenvalue weighted by Gasteiger charge is 2.31. The van der Waals surface area contributed by atoms with E-state index in [9.17, 15) is 9.59 Å². The Bertz CT molecular complexity index is 340. The lowest BCUT2D eigenvalue weighted by Gasteiger charge is -2.32. The molecule has 0 saturated carbocycles. The second kappa shape index (κ2) is 6.37. The van der Waals surface area contributed by atoms with Crippen LogP contribution >= 0.6 is 0 Å². The summed E-state index contributed by atoms with van der Waals surface area (Å²) in [6.45, 7) is 4.90. The monoisotopic (exact) mass is 267 g/mol. The fourth-order valence-electron chi connectivity index (χ4n) is 2.96. The molecule has 2 heterocycles. The maximum absolute atomic E-state index is 12.4. The Balaban J connectivity index is 1.85. The van der Waals surface area contributed by atoms with Gasteiger partial charge in [-0.05, 0) is 38.1 Å². The lowest BCUT2D eigenvalue weighted by atomic mass is 9.92. The second-order valence-electron chi connectivity index (χ2n) is 5.83. The van der Waals surface area contributed by atoms with Crippen LogP contribution < -0.4 is 5.32 Å². The van der Waals surface area contributed by atoms with E-state index in [1.54, 1.807) is 11.9 Å². The van der Waals surface area contributed by atoms with Gasteiger partial charge in [-0.3, -0.25) is 9.59 Å². The number of piperidine rings is 1. The molecule has 1 N–H and O–H groups in total. The largest absolute Gasteiger partial charge is 0.341 e. The Morgan fingerprint density at radius 3 is 2.58 bits per heavy atom. The number of carbonyl (C=O) groups excluding carboxylic acids is 2. The molecule has 2 atom stereocenters. The summed E-state index contributed by atoms with van der Waals surface area (Å²) in [5.74, 6) is 0.488. The van der Waals surface area contributed by atoms with Gasteiger partial charge >= 0.3 is 0 Å². The maximum atomic E-state index is 12.4. The first-order chi connectivity index (χ1) is 9.09. The van der Waals surface area contributed by atoms with Crippen molar-refractivity contribution in [1.82, 2.24) is 15.1 Å². The van der Waals surface area contributed by atoms with Gasteiger partial charge in [0.05, 0.1) is 12.6 Å². The Hall–Kier alpha value is -1.10. The molecule has 2 aliphatic rings. The zero-order chi connectivity index (χ0) is 13.8. The Morgan fingerprint density at radius 2 is 1.95 bits per heavy atom. The third kappa shape index (κ3) is 3.47. The zero-order valence-corrected chi connectivity index (χ0v) is 12.0. The van der Waals surface area contributed by atoms with E-state index in [1.807, 2.05) is 4.90 Å². The molecule has 2 rings (SSSR count). The Morgan fingerprint density at radius 1 is 1.26 bits per heavy atom. The molecule has 5 nitrogen and oxygen atoms in total. The molecular weight excluding hydrogens is 242 g/mol. The van der Waals surface area contributed by atoms with Crippen molar-refractivity contribution < 1.29 is 9.59 Å². The predicted octanol–water partition coefficient (Wildman–Crippen LogP) is 0.455. The van der Waals surface area contributed by atoms with Crippen LogP contribution in [-0.4, -0.2) is 60.9 Å². The molecule has 2 amide bonds. The third-order valence-electron chi connectivity index (χ3n) is 4.24. The number of hydrogen-bond donors (Lipinski definition) is 1. The number of likely N-dealkylation sites (N-methyl/N-ethyl adjacent to an activating group) is 1. The second-order valence-corrected chi connectivity index (χ2v) is 5.83. The SMILES string of the molecule is CC1CCCNC1C(=O)N(C)CC(=O)N1CCCC1. The van der Waals surface area contributed by atoms with Gasteiger partial charge in [0.25, 0.3) is 0 Å². The van der Waals surface area contributed by atoms with E-state index in [0.717, 1.165) is 45.3 Å². The minimum Gasteiger partial charge on any atom is -0.341 e. The zero-order valence-electron chi connectivity index (χ0n) is 12.0. The number of likely N-dealkylation sites (tertiary alicyclic amines) is 1. The highest BCUT2D eigenvalue weighted by Crippen LogP contribution is 2.17. The first kappa shape index (κ1) is 14.3. The summed E-state index contributed by atoms with van der Waals surface area (Å²) in [5, 5.41) is 3.28. The summed E-state index contributed by atoms with van der Waals surface area (Å²) in [7, 11) is 1.74. The molecule has 2 unspecified atom stereocenters. The van der Waals surface area contributed by atoms with Gasteiger partial charge in [0.2, 0.25) is 11.8 Å². The molecule has 2 aliphatic heterocycles. The van der Waals surface area contributed by atoms with E-state index in [0.29, 0.717) is 5.92 Å². The van der Waals surface area contributed by atoms with Crippen molar-refractivity contribution in [3.63, 3.8) is 0 Å². The number of amides is 2. The molecule has 0 aromatic rings. The molecule has 2 saturated heterocycles. The number of nitrogens with zero attached hydrogens (tertiary/aromatic N) is 2. The van der Waals surface area contributed by atoms with Gasteiger partial charge in [0, 0.05) is 20.1 Å². The normalized spacial score (nSPS) is 27.4. The van der Waals surface area contributed by atoms with E-state index in [-0.39, 0.29) is 24.4 Å². The van der Waals surface area contributed by atoms with Gasteiger partial charge in [-0.1, -0.05) is 6.92 Å².